The van der Waals surface area contributed by atoms with Crippen molar-refractivity contribution >= 4 is 18.4 Å². The van der Waals surface area contributed by atoms with E-state index >= 15 is 0 Å². The zero-order chi connectivity index (χ0) is 27.7. The van der Waals surface area contributed by atoms with Gasteiger partial charge >= 0.3 is 0 Å². The summed E-state index contributed by atoms with van der Waals surface area (Å²) in [7, 11) is 1.83. The number of methoxy groups -OCH3 is 1. The van der Waals surface area contributed by atoms with Crippen molar-refractivity contribution in [1.82, 2.24) is 4.90 Å². The first-order valence-electron chi connectivity index (χ1n) is 13.0. The second kappa shape index (κ2) is 18.9. The van der Waals surface area contributed by atoms with E-state index in [0.29, 0.717) is 6.04 Å². The van der Waals surface area contributed by atoms with Crippen LogP contribution in [0, 0.1) is 25.6 Å². The third-order valence-corrected chi connectivity index (χ3v) is 6.78. The standard InChI is InChI=1S/C19H29NO.C7H6ClF.C2H6.C2H2.CH2O/c1-4-6-12-20-13-11-14-7-10-18(21-3)15(5-2)16-8-9-17(20)19(14)16;1-5-2-3-7(9)6(8)4-5;3*1-2/h10,17H,4-9,11-13H2,1-3H3;2-4H,1H3;1-2H3;1-2H;1H2. The molecule has 0 radical (unpaired) electrons. The lowest BCUT2D eigenvalue weighted by Gasteiger charge is -2.35. The molecule has 3 nitrogen and oxygen atoms in total. The van der Waals surface area contributed by atoms with Crippen LogP contribution in [0.5, 0.6) is 0 Å². The summed E-state index contributed by atoms with van der Waals surface area (Å²) in [6, 6.07) is 5.33. The van der Waals surface area contributed by atoms with Gasteiger partial charge in [0.05, 0.1) is 12.1 Å². The lowest BCUT2D eigenvalue weighted by Crippen LogP contribution is -2.39. The fourth-order valence-electron chi connectivity index (χ4n) is 4.98. The summed E-state index contributed by atoms with van der Waals surface area (Å²) in [5.41, 5.74) is 7.48. The van der Waals surface area contributed by atoms with Crippen LogP contribution in [-0.4, -0.2) is 37.9 Å². The number of nitrogens with zero attached hydrogens (tertiary/aromatic N) is 1. The predicted octanol–water partition coefficient (Wildman–Crippen LogP) is 8.47. The molecule has 0 aromatic heterocycles. The Morgan fingerprint density at radius 2 is 1.86 bits per heavy atom. The Labute approximate surface area is 224 Å². The van der Waals surface area contributed by atoms with Gasteiger partial charge in [-0.1, -0.05) is 57.4 Å². The number of rotatable bonds is 5. The number of carbonyl (C=O) groups is 1. The smallest absolute Gasteiger partial charge is 0.141 e. The molecule has 1 unspecified atom stereocenters. The Morgan fingerprint density at radius 3 is 2.39 bits per heavy atom. The van der Waals surface area contributed by atoms with Crippen LogP contribution in [0.25, 0.3) is 0 Å². The zero-order valence-electron chi connectivity index (χ0n) is 23.1. The highest BCUT2D eigenvalue weighted by Gasteiger charge is 2.37. The number of hydrogen-bond acceptors (Lipinski definition) is 3. The van der Waals surface area contributed by atoms with Crippen LogP contribution < -0.4 is 0 Å². The molecule has 4 rings (SSSR count). The highest BCUT2D eigenvalue weighted by atomic mass is 35.5. The summed E-state index contributed by atoms with van der Waals surface area (Å²) < 4.78 is 18.1. The van der Waals surface area contributed by atoms with Crippen molar-refractivity contribution in [2.75, 3.05) is 20.2 Å². The van der Waals surface area contributed by atoms with E-state index in [4.69, 9.17) is 21.1 Å². The molecule has 1 aromatic rings. The minimum absolute atomic E-state index is 0.190. The van der Waals surface area contributed by atoms with Crippen LogP contribution in [0.2, 0.25) is 5.02 Å². The number of carbonyl (C=O) groups excluding carboxylic acids is 1. The molecule has 0 amide bonds. The minimum Gasteiger partial charge on any atom is -0.497 e. The van der Waals surface area contributed by atoms with Gasteiger partial charge < -0.3 is 9.53 Å². The average molecular weight is 518 g/mol. The molecular formula is C31H45ClFNO2. The lowest BCUT2D eigenvalue weighted by molar-refractivity contribution is -0.0980. The maximum Gasteiger partial charge on any atom is 0.141 e. The molecule has 0 N–H and O–H groups in total. The second-order valence-electron chi connectivity index (χ2n) is 8.42. The number of unbranched alkanes of at least 4 members (excludes halogenated alkanes) is 1. The van der Waals surface area contributed by atoms with E-state index in [0.717, 1.165) is 24.2 Å². The van der Waals surface area contributed by atoms with Gasteiger partial charge in [-0.25, -0.2) is 4.39 Å². The molecule has 1 atom stereocenters. The zero-order valence-corrected chi connectivity index (χ0v) is 23.9. The molecular weight excluding hydrogens is 473 g/mol. The molecule has 3 aliphatic rings. The fraction of sp³-hybridized carbons (Fsp3) is 0.516. The van der Waals surface area contributed by atoms with Gasteiger partial charge in [0, 0.05) is 12.6 Å². The summed E-state index contributed by atoms with van der Waals surface area (Å²) >= 11 is 5.44. The van der Waals surface area contributed by atoms with Crippen LogP contribution in [0.1, 0.15) is 78.2 Å². The largest absolute Gasteiger partial charge is 0.497 e. The van der Waals surface area contributed by atoms with E-state index in [1.807, 2.05) is 34.7 Å². The highest BCUT2D eigenvalue weighted by molar-refractivity contribution is 6.30. The average Bonchev–Trinajstić information content (AvgIpc) is 3.30. The lowest BCUT2D eigenvalue weighted by atomic mass is 9.90. The summed E-state index contributed by atoms with van der Waals surface area (Å²) in [6.45, 7) is 15.0. The van der Waals surface area contributed by atoms with Gasteiger partial charge in [-0.2, -0.15) is 0 Å². The van der Waals surface area contributed by atoms with Gasteiger partial charge in [0.1, 0.15) is 18.4 Å². The van der Waals surface area contributed by atoms with Crippen molar-refractivity contribution in [1.29, 1.82) is 0 Å². The Bertz CT molecular complexity index is 916. The summed E-state index contributed by atoms with van der Waals surface area (Å²) in [5.74, 6) is 0.782. The third kappa shape index (κ3) is 8.95. The van der Waals surface area contributed by atoms with Gasteiger partial charge in [0.15, 0.2) is 0 Å². The fourth-order valence-corrected chi connectivity index (χ4v) is 5.22. The molecule has 1 heterocycles. The molecule has 1 saturated carbocycles. The van der Waals surface area contributed by atoms with Crippen molar-refractivity contribution in [3.63, 3.8) is 0 Å². The first-order chi connectivity index (χ1) is 17.5. The Balaban J connectivity index is 0.000000684. The Kier molecular flexibility index (Phi) is 17.6. The maximum absolute atomic E-state index is 12.4. The molecule has 1 aliphatic heterocycles. The molecule has 0 saturated heterocycles. The number of halogens is 2. The number of terminal acetylenes is 1. The third-order valence-electron chi connectivity index (χ3n) is 6.49. The molecule has 36 heavy (non-hydrogen) atoms. The first kappa shape index (κ1) is 33.7. The molecule has 5 heteroatoms. The summed E-state index contributed by atoms with van der Waals surface area (Å²) in [6.07, 6.45) is 19.0. The van der Waals surface area contributed by atoms with Crippen molar-refractivity contribution < 1.29 is 13.9 Å². The highest BCUT2D eigenvalue weighted by Crippen LogP contribution is 2.46. The molecule has 1 fully saturated rings. The van der Waals surface area contributed by atoms with E-state index < -0.39 is 0 Å². The van der Waals surface area contributed by atoms with Crippen LogP contribution in [0.3, 0.4) is 0 Å². The number of aryl methyl sites for hydroxylation is 1. The molecule has 0 bridgehead atoms. The summed E-state index contributed by atoms with van der Waals surface area (Å²) in [5, 5.41) is 0.190. The Hall–Kier alpha value is -2.35. The Morgan fingerprint density at radius 1 is 1.19 bits per heavy atom. The number of hydrogen-bond donors (Lipinski definition) is 0. The topological polar surface area (TPSA) is 29.5 Å². The second-order valence-corrected chi connectivity index (χ2v) is 8.82. The first-order valence-corrected chi connectivity index (χ1v) is 13.3. The van der Waals surface area contributed by atoms with Gasteiger partial charge in [-0.15, -0.1) is 12.8 Å². The van der Waals surface area contributed by atoms with E-state index in [-0.39, 0.29) is 10.8 Å². The van der Waals surface area contributed by atoms with Crippen LogP contribution in [-0.2, 0) is 9.53 Å². The van der Waals surface area contributed by atoms with Crippen molar-refractivity contribution in [2.24, 2.45) is 0 Å². The minimum atomic E-state index is -0.359. The molecule has 0 spiro atoms. The SMILES string of the molecule is C#C.C=O.CC.CCCCN1CCC2=C3C(=C(CC)C(OC)=CC2)CCC31.Cc1ccc(F)c(Cl)c1. The number of ether oxygens (including phenoxy) is 1. The van der Waals surface area contributed by atoms with Crippen LogP contribution in [0.15, 0.2) is 52.3 Å². The summed E-state index contributed by atoms with van der Waals surface area (Å²) in [4.78, 5) is 10.8. The maximum atomic E-state index is 12.4. The van der Waals surface area contributed by atoms with Crippen LogP contribution >= 0.6 is 11.6 Å². The quantitative estimate of drug-likeness (QED) is 0.367. The molecule has 200 valence electrons. The van der Waals surface area contributed by atoms with Crippen molar-refractivity contribution in [3.8, 4) is 12.8 Å². The normalized spacial score (nSPS) is 17.8. The van der Waals surface area contributed by atoms with Crippen molar-refractivity contribution in [3.05, 3.63) is 68.7 Å². The van der Waals surface area contributed by atoms with Gasteiger partial charge in [0.2, 0.25) is 0 Å². The monoisotopic (exact) mass is 517 g/mol. The van der Waals surface area contributed by atoms with E-state index in [9.17, 15) is 4.39 Å². The predicted molar refractivity (Wildman–Crippen MR) is 153 cm³/mol. The van der Waals surface area contributed by atoms with E-state index in [2.05, 4.69) is 37.7 Å². The van der Waals surface area contributed by atoms with E-state index in [1.54, 1.807) is 28.9 Å². The van der Waals surface area contributed by atoms with Crippen molar-refractivity contribution in [2.45, 2.75) is 85.6 Å². The van der Waals surface area contributed by atoms with Gasteiger partial charge in [-0.3, -0.25) is 4.90 Å². The molecule has 2 aliphatic carbocycles. The van der Waals surface area contributed by atoms with E-state index in [1.165, 1.54) is 56.8 Å². The molecule has 1 aromatic carbocycles. The van der Waals surface area contributed by atoms with Crippen LogP contribution in [0.4, 0.5) is 4.39 Å². The van der Waals surface area contributed by atoms with Gasteiger partial charge in [0.25, 0.3) is 0 Å². The van der Waals surface area contributed by atoms with Gasteiger partial charge in [-0.05, 0) is 92.5 Å². The number of benzene rings is 1. The number of allylic oxidation sites excluding steroid dienone is 2.